The maximum Gasteiger partial charge on any atom is 0.416 e. The number of nitrogens with two attached hydrogens (primary N) is 2. The molecule has 1 amide bonds. The van der Waals surface area contributed by atoms with Gasteiger partial charge in [0.05, 0.1) is 11.3 Å². The van der Waals surface area contributed by atoms with Gasteiger partial charge in [-0.05, 0) is 17.7 Å². The van der Waals surface area contributed by atoms with Crippen molar-refractivity contribution >= 4 is 23.6 Å². The molecular weight excluding hydrogens is 347 g/mol. The van der Waals surface area contributed by atoms with E-state index in [-0.39, 0.29) is 29.3 Å². The Morgan fingerprint density at radius 1 is 1.33 bits per heavy atom. The molecule has 130 valence electrons. The van der Waals surface area contributed by atoms with E-state index in [2.05, 4.69) is 20.9 Å². The van der Waals surface area contributed by atoms with Crippen LogP contribution in [0.3, 0.4) is 0 Å². The van der Waals surface area contributed by atoms with Crippen molar-refractivity contribution in [2.24, 2.45) is 5.84 Å². The lowest BCUT2D eigenvalue weighted by Crippen LogP contribution is -2.25. The molecule has 1 heterocycles. The molecule has 0 radical (unpaired) electrons. The molecule has 1 aromatic heterocycles. The quantitative estimate of drug-likeness (QED) is 0.339. The third-order valence-electron chi connectivity index (χ3n) is 2.87. The predicted molar refractivity (Wildman–Crippen MR) is 82.0 cm³/mol. The highest BCUT2D eigenvalue weighted by Gasteiger charge is 2.30. The average molecular weight is 361 g/mol. The number of thioether (sulfide) groups is 1. The number of amides is 1. The van der Waals surface area contributed by atoms with Gasteiger partial charge in [0.15, 0.2) is 0 Å². The minimum absolute atomic E-state index is 0.0196. The lowest BCUT2D eigenvalue weighted by molar-refractivity contribution is -0.137. The second-order valence-corrected chi connectivity index (χ2v) is 5.53. The summed E-state index contributed by atoms with van der Waals surface area (Å²) in [6.07, 6.45) is -4.42. The van der Waals surface area contributed by atoms with E-state index in [0.717, 1.165) is 28.6 Å². The van der Waals surface area contributed by atoms with E-state index in [4.69, 9.17) is 11.7 Å². The van der Waals surface area contributed by atoms with E-state index < -0.39 is 11.7 Å². The van der Waals surface area contributed by atoms with Gasteiger partial charge in [0.1, 0.15) is 0 Å². The number of rotatable bonds is 6. The molecule has 2 rings (SSSR count). The summed E-state index contributed by atoms with van der Waals surface area (Å²) < 4.78 is 38.9. The van der Waals surface area contributed by atoms with Crippen LogP contribution >= 0.6 is 11.8 Å². The van der Waals surface area contributed by atoms with Crippen molar-refractivity contribution < 1.29 is 18.0 Å². The Balaban J connectivity index is 1.86. The molecule has 12 heteroatoms. The predicted octanol–water partition coefficient (Wildman–Crippen LogP) is 0.705. The normalized spacial score (nSPS) is 11.3. The Kier molecular flexibility index (Phi) is 5.51. The molecule has 0 atom stereocenters. The summed E-state index contributed by atoms with van der Waals surface area (Å²) in [7, 11) is 0. The van der Waals surface area contributed by atoms with Gasteiger partial charge in [0.2, 0.25) is 11.1 Å². The molecule has 0 aliphatic heterocycles. The number of nitrogen functional groups attached to an aromatic ring is 2. The molecule has 8 nitrogen and oxygen atoms in total. The van der Waals surface area contributed by atoms with Crippen LogP contribution in [0.4, 0.5) is 19.1 Å². The fourth-order valence-electron chi connectivity index (χ4n) is 1.71. The molecule has 1 aromatic carbocycles. The number of hydrogen-bond acceptors (Lipinski definition) is 7. The zero-order valence-corrected chi connectivity index (χ0v) is 13.0. The van der Waals surface area contributed by atoms with Crippen LogP contribution in [0.25, 0.3) is 0 Å². The minimum atomic E-state index is -4.42. The third-order valence-corrected chi connectivity index (χ3v) is 3.81. The Hall–Kier alpha value is -2.47. The highest BCUT2D eigenvalue weighted by Crippen LogP contribution is 2.29. The molecule has 0 bridgehead atoms. The zero-order valence-electron chi connectivity index (χ0n) is 12.2. The first-order valence-electron chi connectivity index (χ1n) is 6.54. The fourth-order valence-corrected chi connectivity index (χ4v) is 2.40. The fraction of sp³-hybridized carbons (Fsp3) is 0.250. The van der Waals surface area contributed by atoms with Crippen LogP contribution in [0.15, 0.2) is 29.4 Å². The number of carbonyl (C=O) groups is 1. The number of alkyl halides is 3. The van der Waals surface area contributed by atoms with Crippen molar-refractivity contribution in [3.05, 3.63) is 35.4 Å². The van der Waals surface area contributed by atoms with Crippen molar-refractivity contribution in [2.75, 3.05) is 17.0 Å². The third kappa shape index (κ3) is 4.52. The standard InChI is InChI=1S/C12H14F3N7OS/c13-12(14,15)8-3-1-2-7(4-8)5-18-9(23)6-24-11-21-20-10(19-16)22(11)17/h1-4H,5-6,16-17H2,(H,18,23)(H,19,20). The first kappa shape index (κ1) is 17.9. The molecule has 2 aromatic rings. The number of halogens is 3. The lowest BCUT2D eigenvalue weighted by Gasteiger charge is -2.09. The van der Waals surface area contributed by atoms with Crippen molar-refractivity contribution in [3.8, 4) is 0 Å². The minimum Gasteiger partial charge on any atom is -0.351 e. The van der Waals surface area contributed by atoms with E-state index in [1.807, 2.05) is 0 Å². The van der Waals surface area contributed by atoms with E-state index in [9.17, 15) is 18.0 Å². The maximum atomic E-state index is 12.6. The molecule has 0 saturated heterocycles. The maximum absolute atomic E-state index is 12.6. The Labute approximate surface area is 138 Å². The molecule has 24 heavy (non-hydrogen) atoms. The second-order valence-electron chi connectivity index (χ2n) is 4.58. The average Bonchev–Trinajstić information content (AvgIpc) is 2.90. The van der Waals surface area contributed by atoms with Gasteiger partial charge in [-0.2, -0.15) is 13.2 Å². The van der Waals surface area contributed by atoms with Crippen LogP contribution in [0.1, 0.15) is 11.1 Å². The number of hydrogen-bond donors (Lipinski definition) is 4. The van der Waals surface area contributed by atoms with Gasteiger partial charge < -0.3 is 11.2 Å². The van der Waals surface area contributed by atoms with Crippen molar-refractivity contribution in [2.45, 2.75) is 17.9 Å². The van der Waals surface area contributed by atoms with E-state index >= 15 is 0 Å². The molecule has 0 aliphatic rings. The van der Waals surface area contributed by atoms with Gasteiger partial charge in [-0.3, -0.25) is 10.2 Å². The summed E-state index contributed by atoms with van der Waals surface area (Å²) in [5, 5.41) is 10.1. The summed E-state index contributed by atoms with van der Waals surface area (Å²) in [6.45, 7) is -0.0196. The number of aromatic nitrogens is 3. The lowest BCUT2D eigenvalue weighted by atomic mass is 10.1. The first-order chi connectivity index (χ1) is 11.3. The van der Waals surface area contributed by atoms with Crippen LogP contribution < -0.4 is 22.4 Å². The summed E-state index contributed by atoms with van der Waals surface area (Å²) >= 11 is 1.01. The van der Waals surface area contributed by atoms with Crippen molar-refractivity contribution in [1.82, 2.24) is 20.2 Å². The summed E-state index contributed by atoms with van der Waals surface area (Å²) in [5.74, 6) is 10.5. The van der Waals surface area contributed by atoms with Gasteiger partial charge in [-0.25, -0.2) is 10.5 Å². The van der Waals surface area contributed by atoms with Crippen molar-refractivity contribution in [3.63, 3.8) is 0 Å². The van der Waals surface area contributed by atoms with Gasteiger partial charge >= 0.3 is 6.18 Å². The SMILES string of the molecule is NNc1nnc(SCC(=O)NCc2cccc(C(F)(F)F)c2)n1N. The molecule has 0 saturated carbocycles. The first-order valence-corrected chi connectivity index (χ1v) is 7.52. The summed E-state index contributed by atoms with van der Waals surface area (Å²) in [4.78, 5) is 11.8. The van der Waals surface area contributed by atoms with Gasteiger partial charge in [0, 0.05) is 6.54 Å². The topological polar surface area (TPSA) is 124 Å². The molecule has 0 spiro atoms. The molecule has 0 unspecified atom stereocenters. The molecule has 6 N–H and O–H groups in total. The monoisotopic (exact) mass is 361 g/mol. The number of benzene rings is 1. The highest BCUT2D eigenvalue weighted by molar-refractivity contribution is 7.99. The Morgan fingerprint density at radius 2 is 2.08 bits per heavy atom. The van der Waals surface area contributed by atoms with Crippen LogP contribution in [0.2, 0.25) is 0 Å². The molecular formula is C12H14F3N7OS. The van der Waals surface area contributed by atoms with Gasteiger partial charge in [0.25, 0.3) is 5.95 Å². The van der Waals surface area contributed by atoms with E-state index in [1.54, 1.807) is 0 Å². The van der Waals surface area contributed by atoms with Gasteiger partial charge in [-0.1, -0.05) is 23.9 Å². The van der Waals surface area contributed by atoms with E-state index in [1.165, 1.54) is 12.1 Å². The van der Waals surface area contributed by atoms with Crippen molar-refractivity contribution in [1.29, 1.82) is 0 Å². The number of nitrogens with one attached hydrogen (secondary N) is 2. The summed E-state index contributed by atoms with van der Waals surface area (Å²) in [6, 6.07) is 4.75. The number of nitrogens with zero attached hydrogens (tertiary/aromatic N) is 3. The van der Waals surface area contributed by atoms with Crippen LogP contribution in [0, 0.1) is 0 Å². The van der Waals surface area contributed by atoms with Gasteiger partial charge in [-0.15, -0.1) is 10.2 Å². The number of hydrazine groups is 1. The highest BCUT2D eigenvalue weighted by atomic mass is 32.2. The van der Waals surface area contributed by atoms with E-state index in [0.29, 0.717) is 5.56 Å². The molecule has 0 aliphatic carbocycles. The summed E-state index contributed by atoms with van der Waals surface area (Å²) in [5.41, 5.74) is 1.81. The zero-order chi connectivity index (χ0) is 17.7. The van der Waals surface area contributed by atoms with Crippen LogP contribution in [-0.4, -0.2) is 26.5 Å². The largest absolute Gasteiger partial charge is 0.416 e. The number of anilines is 1. The smallest absolute Gasteiger partial charge is 0.351 e. The second kappa shape index (κ2) is 7.40. The van der Waals surface area contributed by atoms with Crippen LogP contribution in [-0.2, 0) is 17.5 Å². The molecule has 0 fully saturated rings. The number of carbonyl (C=O) groups excluding carboxylic acids is 1. The van der Waals surface area contributed by atoms with Crippen LogP contribution in [0.5, 0.6) is 0 Å². The Morgan fingerprint density at radius 3 is 2.71 bits per heavy atom. The Bertz CT molecular complexity index is 719.